The summed E-state index contributed by atoms with van der Waals surface area (Å²) >= 11 is 0. The first-order valence-electron chi connectivity index (χ1n) is 14.7. The van der Waals surface area contributed by atoms with Crippen LogP contribution in [0.1, 0.15) is 46.4 Å². The number of aromatic nitrogens is 2. The number of fused-ring (bicyclic) bond motifs is 1. The van der Waals surface area contributed by atoms with Gasteiger partial charge in [-0.05, 0) is 98.3 Å². The van der Waals surface area contributed by atoms with E-state index in [0.29, 0.717) is 36.7 Å². The standard InChI is InChI=1S/C35H37N5O4/c1-22-11-14-29(25(4)28(22)21-44-30-9-6-8-27-23(2)18-24(3)38-35(27)30)39(5)34(43)20-37-32(41)16-13-26-12-15-31(36-19-26)40-17-7-10-33(40)42/h6,8-9,11-16,18-19H,7,10,17,20-21H2,1-5H3,(H,37,41). The fraction of sp³-hybridized carbons (Fsp3) is 0.286. The van der Waals surface area contributed by atoms with Gasteiger partial charge >= 0.3 is 0 Å². The molecule has 1 aliphatic heterocycles. The molecule has 0 aliphatic carbocycles. The van der Waals surface area contributed by atoms with E-state index in [4.69, 9.17) is 9.72 Å². The molecule has 0 unspecified atom stereocenters. The average molecular weight is 592 g/mol. The van der Waals surface area contributed by atoms with Gasteiger partial charge in [0, 0.05) is 49.1 Å². The highest BCUT2D eigenvalue weighted by Gasteiger charge is 2.22. The summed E-state index contributed by atoms with van der Waals surface area (Å²) in [6.07, 6.45) is 5.97. The number of carbonyl (C=O) groups is 3. The quantitative estimate of drug-likeness (QED) is 0.263. The fourth-order valence-electron chi connectivity index (χ4n) is 5.48. The number of nitrogens with one attached hydrogen (secondary N) is 1. The van der Waals surface area contributed by atoms with Crippen molar-refractivity contribution in [2.24, 2.45) is 0 Å². The van der Waals surface area contributed by atoms with Crippen molar-refractivity contribution < 1.29 is 19.1 Å². The molecule has 5 rings (SSSR count). The monoisotopic (exact) mass is 591 g/mol. The summed E-state index contributed by atoms with van der Waals surface area (Å²) in [6.45, 7) is 8.88. The number of ether oxygens (including phenoxy) is 1. The van der Waals surface area contributed by atoms with Gasteiger partial charge in [-0.15, -0.1) is 0 Å². The summed E-state index contributed by atoms with van der Waals surface area (Å²) in [7, 11) is 1.70. The summed E-state index contributed by atoms with van der Waals surface area (Å²) in [5.41, 5.74) is 7.36. The molecule has 2 aromatic carbocycles. The van der Waals surface area contributed by atoms with Crippen molar-refractivity contribution in [1.82, 2.24) is 15.3 Å². The summed E-state index contributed by atoms with van der Waals surface area (Å²) in [5, 5.41) is 3.72. The van der Waals surface area contributed by atoms with Gasteiger partial charge in [-0.1, -0.05) is 18.2 Å². The molecule has 1 aliphatic rings. The molecule has 9 nitrogen and oxygen atoms in total. The molecule has 1 fully saturated rings. The molecule has 1 N–H and O–H groups in total. The number of para-hydroxylation sites is 1. The maximum atomic E-state index is 13.1. The normalized spacial score (nSPS) is 13.1. The van der Waals surface area contributed by atoms with Crippen molar-refractivity contribution in [1.29, 1.82) is 0 Å². The minimum Gasteiger partial charge on any atom is -0.487 e. The van der Waals surface area contributed by atoms with E-state index in [0.717, 1.165) is 51.0 Å². The fourth-order valence-corrected chi connectivity index (χ4v) is 5.48. The minimum absolute atomic E-state index is 0.0730. The Balaban J connectivity index is 1.20. The van der Waals surface area contributed by atoms with Gasteiger partial charge in [-0.2, -0.15) is 0 Å². The number of amides is 3. The molecule has 9 heteroatoms. The van der Waals surface area contributed by atoms with Gasteiger partial charge < -0.3 is 15.0 Å². The number of rotatable bonds is 9. The van der Waals surface area contributed by atoms with Gasteiger partial charge in [0.2, 0.25) is 17.7 Å². The number of likely N-dealkylation sites (N-methyl/N-ethyl adjacent to an activating group) is 1. The molecular weight excluding hydrogens is 554 g/mol. The van der Waals surface area contributed by atoms with Gasteiger partial charge in [0.15, 0.2) is 0 Å². The highest BCUT2D eigenvalue weighted by Crippen LogP contribution is 2.30. The molecular formula is C35H37N5O4. The Morgan fingerprint density at radius 1 is 1.07 bits per heavy atom. The van der Waals surface area contributed by atoms with Crippen molar-refractivity contribution in [2.45, 2.75) is 47.1 Å². The van der Waals surface area contributed by atoms with Crippen LogP contribution < -0.4 is 19.9 Å². The Morgan fingerprint density at radius 3 is 2.61 bits per heavy atom. The third-order valence-electron chi connectivity index (χ3n) is 8.01. The number of hydrogen-bond acceptors (Lipinski definition) is 6. The first kappa shape index (κ1) is 30.4. The van der Waals surface area contributed by atoms with Gasteiger partial charge in [-0.3, -0.25) is 19.3 Å². The zero-order valence-electron chi connectivity index (χ0n) is 25.8. The van der Waals surface area contributed by atoms with Gasteiger partial charge in [-0.25, -0.2) is 9.97 Å². The van der Waals surface area contributed by atoms with Crippen LogP contribution in [0.15, 0.2) is 60.8 Å². The Morgan fingerprint density at radius 2 is 1.89 bits per heavy atom. The van der Waals surface area contributed by atoms with E-state index in [1.807, 2.05) is 51.1 Å². The molecule has 0 bridgehead atoms. The lowest BCUT2D eigenvalue weighted by Gasteiger charge is -2.23. The van der Waals surface area contributed by atoms with Crippen molar-refractivity contribution in [2.75, 3.05) is 29.9 Å². The van der Waals surface area contributed by atoms with Crippen LogP contribution in [-0.2, 0) is 21.0 Å². The molecule has 4 aromatic rings. The zero-order valence-corrected chi connectivity index (χ0v) is 25.8. The van der Waals surface area contributed by atoms with E-state index in [1.165, 1.54) is 6.08 Å². The summed E-state index contributed by atoms with van der Waals surface area (Å²) < 4.78 is 6.30. The Kier molecular flexibility index (Phi) is 9.04. The van der Waals surface area contributed by atoms with Crippen LogP contribution in [0.5, 0.6) is 5.75 Å². The molecule has 3 amide bonds. The van der Waals surface area contributed by atoms with E-state index in [9.17, 15) is 14.4 Å². The van der Waals surface area contributed by atoms with Gasteiger partial charge in [0.1, 0.15) is 23.7 Å². The first-order chi connectivity index (χ1) is 21.1. The number of aryl methyl sites for hydroxylation is 3. The van der Waals surface area contributed by atoms with Crippen molar-refractivity contribution >= 4 is 46.2 Å². The van der Waals surface area contributed by atoms with Crippen LogP contribution in [0.2, 0.25) is 0 Å². The SMILES string of the molecule is Cc1cc(C)c2cccc(OCc3c(C)ccc(N(C)C(=O)CNC(=O)C=Cc4ccc(N5CCCC5=O)nc4)c3C)c2n1. The highest BCUT2D eigenvalue weighted by atomic mass is 16.5. The molecule has 2 aromatic heterocycles. The molecule has 0 saturated carbocycles. The Hall–Kier alpha value is -5.05. The van der Waals surface area contributed by atoms with Crippen molar-refractivity contribution in [3.63, 3.8) is 0 Å². The van der Waals surface area contributed by atoms with Crippen molar-refractivity contribution in [3.05, 3.63) is 94.3 Å². The third-order valence-corrected chi connectivity index (χ3v) is 8.01. The molecule has 3 heterocycles. The number of pyridine rings is 2. The minimum atomic E-state index is -0.394. The number of hydrogen-bond donors (Lipinski definition) is 1. The maximum Gasteiger partial charge on any atom is 0.246 e. The van der Waals surface area contributed by atoms with Gasteiger partial charge in [0.25, 0.3) is 0 Å². The number of benzene rings is 2. The van der Waals surface area contributed by atoms with E-state index >= 15 is 0 Å². The largest absolute Gasteiger partial charge is 0.487 e. The molecule has 1 saturated heterocycles. The Bertz CT molecular complexity index is 1760. The summed E-state index contributed by atoms with van der Waals surface area (Å²) in [6, 6.07) is 15.5. The van der Waals surface area contributed by atoms with Crippen molar-refractivity contribution in [3.8, 4) is 5.75 Å². The van der Waals surface area contributed by atoms with Crippen LogP contribution in [0, 0.1) is 27.7 Å². The second-order valence-corrected chi connectivity index (χ2v) is 11.1. The lowest BCUT2D eigenvalue weighted by Crippen LogP contribution is -2.38. The lowest BCUT2D eigenvalue weighted by molar-refractivity contribution is -0.122. The highest BCUT2D eigenvalue weighted by molar-refractivity contribution is 5.99. The molecule has 44 heavy (non-hydrogen) atoms. The van der Waals surface area contributed by atoms with Gasteiger partial charge in [0.05, 0.1) is 6.54 Å². The van der Waals surface area contributed by atoms with E-state index in [-0.39, 0.29) is 18.4 Å². The number of carbonyl (C=O) groups excluding carboxylic acids is 3. The van der Waals surface area contributed by atoms with Crippen LogP contribution in [0.3, 0.4) is 0 Å². The predicted molar refractivity (Wildman–Crippen MR) is 173 cm³/mol. The lowest BCUT2D eigenvalue weighted by atomic mass is 10.0. The third kappa shape index (κ3) is 6.62. The number of nitrogens with zero attached hydrogens (tertiary/aromatic N) is 4. The van der Waals surface area contributed by atoms with Crippen LogP contribution >= 0.6 is 0 Å². The van der Waals surface area contributed by atoms with E-state index in [1.54, 1.807) is 41.3 Å². The summed E-state index contributed by atoms with van der Waals surface area (Å²) in [4.78, 5) is 49.7. The number of anilines is 2. The molecule has 0 atom stereocenters. The topological polar surface area (TPSA) is 105 Å². The average Bonchev–Trinajstić information content (AvgIpc) is 3.44. The Labute approximate surface area is 257 Å². The van der Waals surface area contributed by atoms with Crippen LogP contribution in [0.25, 0.3) is 17.0 Å². The second-order valence-electron chi connectivity index (χ2n) is 11.1. The molecule has 0 radical (unpaired) electrons. The second kappa shape index (κ2) is 13.1. The van der Waals surface area contributed by atoms with E-state index in [2.05, 4.69) is 23.3 Å². The zero-order chi connectivity index (χ0) is 31.4. The van der Waals surface area contributed by atoms with E-state index < -0.39 is 5.91 Å². The first-order valence-corrected chi connectivity index (χ1v) is 14.7. The smallest absolute Gasteiger partial charge is 0.246 e. The maximum absolute atomic E-state index is 13.1. The van der Waals surface area contributed by atoms with Crippen LogP contribution in [0.4, 0.5) is 11.5 Å². The molecule has 0 spiro atoms. The summed E-state index contributed by atoms with van der Waals surface area (Å²) in [5.74, 6) is 0.751. The predicted octanol–water partition coefficient (Wildman–Crippen LogP) is 5.36. The van der Waals surface area contributed by atoms with Crippen LogP contribution in [-0.4, -0.2) is 47.8 Å². The molecule has 226 valence electrons.